The van der Waals surface area contributed by atoms with Gasteiger partial charge in [-0.25, -0.2) is 0 Å². The smallest absolute Gasteiger partial charge is 0.273 e. The van der Waals surface area contributed by atoms with Crippen molar-refractivity contribution in [1.29, 1.82) is 0 Å². The van der Waals surface area contributed by atoms with Gasteiger partial charge in [-0.15, -0.1) is 10.2 Å². The van der Waals surface area contributed by atoms with E-state index in [2.05, 4.69) is 27.2 Å². The van der Waals surface area contributed by atoms with Crippen LogP contribution in [0.1, 0.15) is 32.0 Å². The molecule has 2 aromatic heterocycles. The lowest BCUT2D eigenvalue weighted by atomic mass is 10.2. The maximum absolute atomic E-state index is 10.9. The van der Waals surface area contributed by atoms with Crippen LogP contribution >= 0.6 is 0 Å². The largest absolute Gasteiger partial charge is 0.508 e. The third-order valence-electron chi connectivity index (χ3n) is 2.69. The Bertz CT molecular complexity index is 746. The lowest BCUT2D eigenvalue weighted by Gasteiger charge is -1.93. The highest BCUT2D eigenvalue weighted by molar-refractivity contribution is 5.25. The highest BCUT2D eigenvalue weighted by Crippen LogP contribution is 2.09. The van der Waals surface area contributed by atoms with Crippen molar-refractivity contribution in [2.75, 3.05) is 0 Å². The molecular weight excluding hydrogens is 282 g/mol. The molecule has 3 aromatic rings. The summed E-state index contributed by atoms with van der Waals surface area (Å²) in [5, 5.41) is 19.9. The van der Waals surface area contributed by atoms with Gasteiger partial charge in [0, 0.05) is 0 Å². The molecule has 0 bridgehead atoms. The van der Waals surface area contributed by atoms with Crippen molar-refractivity contribution in [3.8, 4) is 5.75 Å². The van der Waals surface area contributed by atoms with E-state index >= 15 is 0 Å². The van der Waals surface area contributed by atoms with Crippen LogP contribution in [0.2, 0.25) is 0 Å². The fourth-order valence-corrected chi connectivity index (χ4v) is 1.52. The van der Waals surface area contributed by atoms with E-state index in [-0.39, 0.29) is 5.56 Å². The average molecular weight is 303 g/mol. The van der Waals surface area contributed by atoms with Crippen LogP contribution in [-0.2, 0) is 6.42 Å². The highest BCUT2D eigenvalue weighted by atomic mass is 16.3. The number of phenolic OH excluding ortho intramolecular Hbond substituents is 1. The van der Waals surface area contributed by atoms with Crippen LogP contribution < -0.4 is 5.56 Å². The second-order valence-corrected chi connectivity index (χ2v) is 4.16. The minimum Gasteiger partial charge on any atom is -0.508 e. The Balaban J connectivity index is 0.000000202. The number of fused-ring (bicyclic) bond motifs is 1. The summed E-state index contributed by atoms with van der Waals surface area (Å²) in [5.74, 6) is 0.702. The summed E-state index contributed by atoms with van der Waals surface area (Å²) < 4.78 is 1.41. The third-order valence-corrected chi connectivity index (χ3v) is 2.69. The average Bonchev–Trinajstić information content (AvgIpc) is 2.98. The van der Waals surface area contributed by atoms with Crippen LogP contribution in [0, 0.1) is 6.92 Å². The van der Waals surface area contributed by atoms with Gasteiger partial charge in [-0.2, -0.15) is 9.61 Å². The van der Waals surface area contributed by atoms with Crippen molar-refractivity contribution in [3.05, 3.63) is 52.2 Å². The summed E-state index contributed by atoms with van der Waals surface area (Å²) in [6, 6.07) is 7.27. The van der Waals surface area contributed by atoms with E-state index in [1.54, 1.807) is 19.1 Å². The van der Waals surface area contributed by atoms with Crippen LogP contribution in [0.15, 0.2) is 35.4 Å². The van der Waals surface area contributed by atoms with Crippen LogP contribution in [-0.4, -0.2) is 29.9 Å². The van der Waals surface area contributed by atoms with Gasteiger partial charge in [0.25, 0.3) is 11.3 Å². The number of H-pyrrole nitrogens is 1. The second-order valence-electron chi connectivity index (χ2n) is 4.16. The molecule has 0 spiro atoms. The molecule has 0 radical (unpaired) electrons. The molecule has 2 heterocycles. The van der Waals surface area contributed by atoms with Gasteiger partial charge in [-0.1, -0.05) is 32.9 Å². The van der Waals surface area contributed by atoms with Crippen LogP contribution in [0.3, 0.4) is 0 Å². The first-order valence-electron chi connectivity index (χ1n) is 7.15. The number of hydrogen-bond acceptors (Lipinski definition) is 5. The molecule has 3 rings (SSSR count). The summed E-state index contributed by atoms with van der Waals surface area (Å²) in [6.45, 7) is 7.71. The molecule has 7 nitrogen and oxygen atoms in total. The molecule has 0 amide bonds. The van der Waals surface area contributed by atoms with Gasteiger partial charge in [0.1, 0.15) is 17.8 Å². The predicted octanol–water partition coefficient (Wildman–Crippen LogP) is 2.10. The zero-order valence-corrected chi connectivity index (χ0v) is 13.2. The minimum absolute atomic E-state index is 0.231. The Kier molecular flexibility index (Phi) is 6.75. The van der Waals surface area contributed by atoms with Gasteiger partial charge in [-0.05, 0) is 31.0 Å². The predicted molar refractivity (Wildman–Crippen MR) is 85.0 cm³/mol. The normalized spacial score (nSPS) is 9.45. The number of aryl methyl sites for hydroxylation is 2. The lowest BCUT2D eigenvalue weighted by Crippen LogP contribution is -2.14. The van der Waals surface area contributed by atoms with Gasteiger partial charge in [-0.3, -0.25) is 9.78 Å². The summed E-state index contributed by atoms with van der Waals surface area (Å²) in [5.41, 5.74) is 1.43. The van der Waals surface area contributed by atoms with E-state index in [1.807, 2.05) is 26.0 Å². The first kappa shape index (κ1) is 17.4. The summed E-state index contributed by atoms with van der Waals surface area (Å²) in [4.78, 5) is 13.4. The highest BCUT2D eigenvalue weighted by Gasteiger charge is 1.99. The van der Waals surface area contributed by atoms with E-state index in [0.29, 0.717) is 17.2 Å². The van der Waals surface area contributed by atoms with Crippen LogP contribution in [0.25, 0.3) is 5.78 Å². The van der Waals surface area contributed by atoms with Crippen molar-refractivity contribution in [2.45, 2.75) is 34.1 Å². The van der Waals surface area contributed by atoms with Gasteiger partial charge >= 0.3 is 0 Å². The number of aromatic hydroxyl groups is 1. The standard InChI is InChI=1S/C8H10O.C5H5N5O.C2H6/c1-2-7-3-5-8(9)6-4-7;1-3-4(11)7-5-8-6-2-10(5)9-3;1-2/h3-6,9H,2H2,1H3;2H,1H3,(H,7,8,11);1-2H3. The Morgan fingerprint density at radius 1 is 1.23 bits per heavy atom. The molecule has 0 saturated carbocycles. The molecule has 0 atom stereocenters. The molecule has 1 aromatic carbocycles. The fourth-order valence-electron chi connectivity index (χ4n) is 1.52. The molecule has 0 unspecified atom stereocenters. The summed E-state index contributed by atoms with van der Waals surface area (Å²) >= 11 is 0. The Labute approximate surface area is 128 Å². The van der Waals surface area contributed by atoms with E-state index < -0.39 is 0 Å². The van der Waals surface area contributed by atoms with Crippen molar-refractivity contribution in [2.24, 2.45) is 0 Å². The Morgan fingerprint density at radius 3 is 2.45 bits per heavy atom. The molecule has 0 saturated heterocycles. The van der Waals surface area contributed by atoms with E-state index in [0.717, 1.165) is 6.42 Å². The zero-order valence-electron chi connectivity index (χ0n) is 13.2. The number of nitrogens with one attached hydrogen (secondary N) is 1. The topological polar surface area (TPSA) is 96.2 Å². The van der Waals surface area contributed by atoms with Gasteiger partial charge < -0.3 is 5.11 Å². The van der Waals surface area contributed by atoms with Crippen molar-refractivity contribution in [1.82, 2.24) is 24.8 Å². The quantitative estimate of drug-likeness (QED) is 0.717. The van der Waals surface area contributed by atoms with Crippen molar-refractivity contribution >= 4 is 5.78 Å². The van der Waals surface area contributed by atoms with E-state index in [4.69, 9.17) is 5.11 Å². The first-order valence-corrected chi connectivity index (χ1v) is 7.15. The van der Waals surface area contributed by atoms with Crippen LogP contribution in [0.4, 0.5) is 0 Å². The molecule has 0 aliphatic heterocycles. The fraction of sp³-hybridized carbons (Fsp3) is 0.333. The number of benzene rings is 1. The molecule has 0 aliphatic carbocycles. The number of aromatic nitrogens is 5. The molecule has 118 valence electrons. The summed E-state index contributed by atoms with van der Waals surface area (Å²) in [6.07, 6.45) is 2.46. The minimum atomic E-state index is -0.231. The van der Waals surface area contributed by atoms with E-state index in [1.165, 1.54) is 16.4 Å². The number of hydrogen-bond donors (Lipinski definition) is 2. The zero-order chi connectivity index (χ0) is 16.5. The first-order chi connectivity index (χ1) is 10.6. The van der Waals surface area contributed by atoms with Crippen LogP contribution in [0.5, 0.6) is 5.75 Å². The molecule has 2 N–H and O–H groups in total. The number of nitrogens with zero attached hydrogens (tertiary/aromatic N) is 4. The maximum Gasteiger partial charge on any atom is 0.273 e. The number of aromatic amines is 1. The molecule has 0 aliphatic rings. The Hall–Kier alpha value is -2.70. The summed E-state index contributed by atoms with van der Waals surface area (Å²) in [7, 11) is 0. The lowest BCUT2D eigenvalue weighted by molar-refractivity contribution is 0.475. The third kappa shape index (κ3) is 4.69. The number of phenols is 1. The van der Waals surface area contributed by atoms with Gasteiger partial charge in [0.2, 0.25) is 0 Å². The monoisotopic (exact) mass is 303 g/mol. The Morgan fingerprint density at radius 2 is 1.86 bits per heavy atom. The van der Waals surface area contributed by atoms with Gasteiger partial charge in [0.15, 0.2) is 0 Å². The van der Waals surface area contributed by atoms with E-state index in [9.17, 15) is 4.79 Å². The SMILES string of the molecule is CC.CCc1ccc(O)cc1.Cc1nn2cnnc2[nH]c1=O. The molecule has 0 fully saturated rings. The molecule has 7 heteroatoms. The molecular formula is C15H21N5O2. The maximum atomic E-state index is 10.9. The van der Waals surface area contributed by atoms with Crippen molar-refractivity contribution < 1.29 is 5.11 Å². The number of rotatable bonds is 1. The van der Waals surface area contributed by atoms with Crippen molar-refractivity contribution in [3.63, 3.8) is 0 Å². The van der Waals surface area contributed by atoms with Gasteiger partial charge in [0.05, 0.1) is 0 Å². The molecule has 22 heavy (non-hydrogen) atoms. The second kappa shape index (κ2) is 8.56.